The topological polar surface area (TPSA) is 24.9 Å². The first-order chi connectivity index (χ1) is 8.15. The highest BCUT2D eigenvalue weighted by atomic mass is 32.1. The lowest BCUT2D eigenvalue weighted by atomic mass is 10.1. The van der Waals surface area contributed by atoms with E-state index in [2.05, 4.69) is 10.3 Å². The fraction of sp³-hybridized carbons (Fsp3) is 0.308. The number of nitrogens with zero attached hydrogens (tertiary/aromatic N) is 1. The molecule has 0 saturated carbocycles. The van der Waals surface area contributed by atoms with E-state index in [9.17, 15) is 4.39 Å². The lowest BCUT2D eigenvalue weighted by Crippen LogP contribution is -2.18. The maximum Gasteiger partial charge on any atom is 0.123 e. The fourth-order valence-electron chi connectivity index (χ4n) is 1.64. The van der Waals surface area contributed by atoms with E-state index in [1.165, 1.54) is 6.07 Å². The molecule has 90 valence electrons. The number of hydrogen-bond acceptors (Lipinski definition) is 3. The van der Waals surface area contributed by atoms with Gasteiger partial charge in [0.15, 0.2) is 0 Å². The molecule has 1 N–H and O–H groups in total. The van der Waals surface area contributed by atoms with Crippen molar-refractivity contribution in [3.8, 4) is 0 Å². The van der Waals surface area contributed by atoms with Crippen LogP contribution >= 0.6 is 11.3 Å². The Labute approximate surface area is 105 Å². The zero-order valence-electron chi connectivity index (χ0n) is 9.90. The molecule has 0 radical (unpaired) electrons. The van der Waals surface area contributed by atoms with Crippen LogP contribution in [-0.2, 0) is 6.54 Å². The van der Waals surface area contributed by atoms with Crippen LogP contribution < -0.4 is 5.32 Å². The van der Waals surface area contributed by atoms with Crippen LogP contribution in [0.3, 0.4) is 0 Å². The number of aryl methyl sites for hydroxylation is 1. The van der Waals surface area contributed by atoms with Gasteiger partial charge in [0, 0.05) is 18.0 Å². The summed E-state index contributed by atoms with van der Waals surface area (Å²) < 4.78 is 13.1. The van der Waals surface area contributed by atoms with E-state index in [0.717, 1.165) is 16.3 Å². The van der Waals surface area contributed by atoms with E-state index in [4.69, 9.17) is 0 Å². The molecule has 0 saturated heterocycles. The SMILES string of the molecule is Cc1nc(CN[C@@H](C)c2cccc(F)c2)cs1. The molecule has 2 rings (SSSR count). The summed E-state index contributed by atoms with van der Waals surface area (Å²) in [5.74, 6) is -0.194. The number of nitrogens with one attached hydrogen (secondary N) is 1. The molecule has 1 atom stereocenters. The van der Waals surface area contributed by atoms with Crippen LogP contribution in [0.25, 0.3) is 0 Å². The minimum Gasteiger partial charge on any atom is -0.305 e. The molecule has 0 unspecified atom stereocenters. The summed E-state index contributed by atoms with van der Waals surface area (Å²) in [4.78, 5) is 4.38. The maximum absolute atomic E-state index is 13.1. The first kappa shape index (κ1) is 12.2. The maximum atomic E-state index is 13.1. The Balaban J connectivity index is 1.95. The largest absolute Gasteiger partial charge is 0.305 e. The molecule has 1 aromatic heterocycles. The fourth-order valence-corrected chi connectivity index (χ4v) is 2.25. The van der Waals surface area contributed by atoms with Crippen LogP contribution in [-0.4, -0.2) is 4.98 Å². The average molecular weight is 250 g/mol. The van der Waals surface area contributed by atoms with Gasteiger partial charge in [-0.3, -0.25) is 0 Å². The smallest absolute Gasteiger partial charge is 0.123 e. The molecule has 0 fully saturated rings. The summed E-state index contributed by atoms with van der Waals surface area (Å²) in [5.41, 5.74) is 1.99. The first-order valence-electron chi connectivity index (χ1n) is 5.55. The van der Waals surface area contributed by atoms with Gasteiger partial charge in [-0.05, 0) is 31.5 Å². The second-order valence-electron chi connectivity index (χ2n) is 4.02. The highest BCUT2D eigenvalue weighted by Gasteiger charge is 2.06. The zero-order chi connectivity index (χ0) is 12.3. The minimum atomic E-state index is -0.194. The Morgan fingerprint density at radius 3 is 2.94 bits per heavy atom. The minimum absolute atomic E-state index is 0.118. The third-order valence-electron chi connectivity index (χ3n) is 2.60. The van der Waals surface area contributed by atoms with Crippen LogP contribution in [0, 0.1) is 12.7 Å². The monoisotopic (exact) mass is 250 g/mol. The molecule has 2 aromatic rings. The number of aromatic nitrogens is 1. The second-order valence-corrected chi connectivity index (χ2v) is 5.08. The standard InChI is InChI=1S/C13H15FN2S/c1-9(11-4-3-5-12(14)6-11)15-7-13-8-17-10(2)16-13/h3-6,8-9,15H,7H2,1-2H3/t9-/m0/s1. The Kier molecular flexibility index (Phi) is 3.86. The summed E-state index contributed by atoms with van der Waals surface area (Å²) >= 11 is 1.64. The van der Waals surface area contributed by atoms with Gasteiger partial charge >= 0.3 is 0 Å². The van der Waals surface area contributed by atoms with Crippen LogP contribution in [0.1, 0.15) is 29.2 Å². The number of thiazole rings is 1. The third kappa shape index (κ3) is 3.35. The van der Waals surface area contributed by atoms with Crippen molar-refractivity contribution in [1.82, 2.24) is 10.3 Å². The van der Waals surface area contributed by atoms with Crippen molar-refractivity contribution in [2.45, 2.75) is 26.4 Å². The molecule has 0 spiro atoms. The second kappa shape index (κ2) is 5.38. The number of rotatable bonds is 4. The Bertz CT molecular complexity index is 496. The van der Waals surface area contributed by atoms with Gasteiger partial charge in [-0.2, -0.15) is 0 Å². The van der Waals surface area contributed by atoms with E-state index in [0.29, 0.717) is 6.54 Å². The van der Waals surface area contributed by atoms with E-state index in [1.807, 2.05) is 25.3 Å². The molecule has 0 aliphatic rings. The van der Waals surface area contributed by atoms with Crippen molar-refractivity contribution in [2.24, 2.45) is 0 Å². The first-order valence-corrected chi connectivity index (χ1v) is 6.43. The predicted octanol–water partition coefficient (Wildman–Crippen LogP) is 3.44. The normalized spacial score (nSPS) is 12.6. The molecule has 0 amide bonds. The van der Waals surface area contributed by atoms with E-state index in [-0.39, 0.29) is 11.9 Å². The third-order valence-corrected chi connectivity index (χ3v) is 3.43. The number of hydrogen-bond donors (Lipinski definition) is 1. The van der Waals surface area contributed by atoms with Gasteiger partial charge in [0.05, 0.1) is 10.7 Å². The Morgan fingerprint density at radius 1 is 1.47 bits per heavy atom. The van der Waals surface area contributed by atoms with Crippen molar-refractivity contribution < 1.29 is 4.39 Å². The molecule has 1 heterocycles. The molecule has 0 bridgehead atoms. The van der Waals surface area contributed by atoms with Crippen LogP contribution in [0.15, 0.2) is 29.6 Å². The van der Waals surface area contributed by atoms with Gasteiger partial charge in [-0.25, -0.2) is 9.37 Å². The van der Waals surface area contributed by atoms with Crippen molar-refractivity contribution in [2.75, 3.05) is 0 Å². The highest BCUT2D eigenvalue weighted by molar-refractivity contribution is 7.09. The van der Waals surface area contributed by atoms with Crippen molar-refractivity contribution in [3.63, 3.8) is 0 Å². The van der Waals surface area contributed by atoms with Crippen LogP contribution in [0.5, 0.6) is 0 Å². The van der Waals surface area contributed by atoms with Gasteiger partial charge in [0.1, 0.15) is 5.82 Å². The van der Waals surface area contributed by atoms with Gasteiger partial charge in [0.2, 0.25) is 0 Å². The molecule has 0 aliphatic carbocycles. The van der Waals surface area contributed by atoms with Crippen molar-refractivity contribution in [3.05, 3.63) is 51.7 Å². The molecule has 17 heavy (non-hydrogen) atoms. The van der Waals surface area contributed by atoms with Gasteiger partial charge in [-0.15, -0.1) is 11.3 Å². The molecule has 0 aliphatic heterocycles. The highest BCUT2D eigenvalue weighted by Crippen LogP contribution is 2.15. The average Bonchev–Trinajstić information content (AvgIpc) is 2.72. The van der Waals surface area contributed by atoms with Crippen molar-refractivity contribution in [1.29, 1.82) is 0 Å². The van der Waals surface area contributed by atoms with Crippen LogP contribution in [0.2, 0.25) is 0 Å². The van der Waals surface area contributed by atoms with Gasteiger partial charge in [0.25, 0.3) is 0 Å². The summed E-state index contributed by atoms with van der Waals surface area (Å²) in [6.45, 7) is 4.72. The molecular weight excluding hydrogens is 235 g/mol. The Morgan fingerprint density at radius 2 is 2.29 bits per heavy atom. The molecule has 4 heteroatoms. The van der Waals surface area contributed by atoms with E-state index < -0.39 is 0 Å². The summed E-state index contributed by atoms with van der Waals surface area (Å²) in [6, 6.07) is 6.79. The van der Waals surface area contributed by atoms with Gasteiger partial charge in [-0.1, -0.05) is 12.1 Å². The van der Waals surface area contributed by atoms with Gasteiger partial charge < -0.3 is 5.32 Å². The van der Waals surface area contributed by atoms with Crippen LogP contribution in [0.4, 0.5) is 4.39 Å². The molecule has 2 nitrogen and oxygen atoms in total. The predicted molar refractivity (Wildman–Crippen MR) is 68.5 cm³/mol. The Hall–Kier alpha value is -1.26. The molecular formula is C13H15FN2S. The summed E-state index contributed by atoms with van der Waals surface area (Å²) in [7, 11) is 0. The molecule has 1 aromatic carbocycles. The lowest BCUT2D eigenvalue weighted by Gasteiger charge is -2.13. The zero-order valence-corrected chi connectivity index (χ0v) is 10.7. The van der Waals surface area contributed by atoms with E-state index in [1.54, 1.807) is 23.5 Å². The lowest BCUT2D eigenvalue weighted by molar-refractivity contribution is 0.560. The quantitative estimate of drug-likeness (QED) is 0.899. The summed E-state index contributed by atoms with van der Waals surface area (Å²) in [5, 5.41) is 6.45. The number of halogens is 1. The number of benzene rings is 1. The summed E-state index contributed by atoms with van der Waals surface area (Å²) in [6.07, 6.45) is 0. The van der Waals surface area contributed by atoms with E-state index >= 15 is 0 Å². The van der Waals surface area contributed by atoms with Crippen molar-refractivity contribution >= 4 is 11.3 Å².